The molecular formula is C8H8BrNOS. The van der Waals surface area contributed by atoms with Crippen LogP contribution in [-0.4, -0.2) is 10.1 Å². The number of halogens is 1. The van der Waals surface area contributed by atoms with E-state index >= 15 is 0 Å². The second kappa shape index (κ2) is 4.62. The van der Waals surface area contributed by atoms with Gasteiger partial charge in [0.1, 0.15) is 4.60 Å². The third-order valence-electron chi connectivity index (χ3n) is 1.23. The van der Waals surface area contributed by atoms with Gasteiger partial charge in [-0.25, -0.2) is 4.98 Å². The van der Waals surface area contributed by atoms with E-state index in [4.69, 9.17) is 0 Å². The summed E-state index contributed by atoms with van der Waals surface area (Å²) in [5.74, 6) is 0.704. The zero-order chi connectivity index (χ0) is 8.97. The molecule has 1 heterocycles. The molecule has 4 heteroatoms. The van der Waals surface area contributed by atoms with Crippen molar-refractivity contribution >= 4 is 32.8 Å². The van der Waals surface area contributed by atoms with Crippen LogP contribution >= 0.6 is 27.7 Å². The summed E-state index contributed by atoms with van der Waals surface area (Å²) in [5.41, 5.74) is 1.07. The van der Waals surface area contributed by atoms with Gasteiger partial charge in [-0.2, -0.15) is 0 Å². The minimum atomic E-state index is 0.137. The summed E-state index contributed by atoms with van der Waals surface area (Å²) in [5, 5.41) is 0.137. The first-order valence-corrected chi connectivity index (χ1v) is 5.20. The van der Waals surface area contributed by atoms with Gasteiger partial charge in [0.15, 0.2) is 5.12 Å². The Morgan fingerprint density at radius 2 is 2.42 bits per heavy atom. The van der Waals surface area contributed by atoms with Crippen LogP contribution in [0.15, 0.2) is 22.9 Å². The average molecular weight is 246 g/mol. The molecule has 64 valence electrons. The van der Waals surface area contributed by atoms with E-state index in [0.717, 1.165) is 10.2 Å². The number of pyridine rings is 1. The Morgan fingerprint density at radius 3 is 2.92 bits per heavy atom. The lowest BCUT2D eigenvalue weighted by molar-refractivity contribution is -0.109. The van der Waals surface area contributed by atoms with Crippen LogP contribution in [0.2, 0.25) is 0 Å². The van der Waals surface area contributed by atoms with E-state index in [1.807, 2.05) is 12.1 Å². The molecule has 0 aliphatic rings. The molecule has 0 aromatic carbocycles. The standard InChI is InChI=1S/C8H8BrNOS/c1-6(11)12-5-7-2-3-8(9)10-4-7/h2-4H,5H2,1H3. The summed E-state index contributed by atoms with van der Waals surface area (Å²) in [6.07, 6.45) is 1.76. The van der Waals surface area contributed by atoms with Crippen LogP contribution < -0.4 is 0 Å². The highest BCUT2D eigenvalue weighted by molar-refractivity contribution is 9.10. The molecule has 0 saturated carbocycles. The van der Waals surface area contributed by atoms with Gasteiger partial charge < -0.3 is 0 Å². The van der Waals surface area contributed by atoms with Crippen molar-refractivity contribution in [3.63, 3.8) is 0 Å². The monoisotopic (exact) mass is 245 g/mol. The topological polar surface area (TPSA) is 30.0 Å². The van der Waals surface area contributed by atoms with Gasteiger partial charge in [-0.05, 0) is 27.6 Å². The number of carbonyl (C=O) groups is 1. The lowest BCUT2D eigenvalue weighted by atomic mass is 10.3. The van der Waals surface area contributed by atoms with Crippen molar-refractivity contribution in [3.05, 3.63) is 28.5 Å². The van der Waals surface area contributed by atoms with Crippen LogP contribution in [0.25, 0.3) is 0 Å². The minimum absolute atomic E-state index is 0.137. The Morgan fingerprint density at radius 1 is 1.67 bits per heavy atom. The molecule has 0 aliphatic carbocycles. The van der Waals surface area contributed by atoms with Crippen molar-refractivity contribution < 1.29 is 4.79 Å². The predicted octanol–water partition coefficient (Wildman–Crippen LogP) is 2.62. The summed E-state index contributed by atoms with van der Waals surface area (Å²) in [4.78, 5) is 14.7. The van der Waals surface area contributed by atoms with Crippen molar-refractivity contribution in [1.82, 2.24) is 4.98 Å². The second-order valence-corrected chi connectivity index (χ2v) is 4.23. The number of hydrogen-bond donors (Lipinski definition) is 0. The first kappa shape index (κ1) is 9.74. The first-order chi connectivity index (χ1) is 5.68. The van der Waals surface area contributed by atoms with Gasteiger partial charge in [0, 0.05) is 18.9 Å². The summed E-state index contributed by atoms with van der Waals surface area (Å²) in [7, 11) is 0. The number of aromatic nitrogens is 1. The molecule has 0 unspecified atom stereocenters. The van der Waals surface area contributed by atoms with Crippen molar-refractivity contribution in [3.8, 4) is 0 Å². The zero-order valence-electron chi connectivity index (χ0n) is 6.58. The highest BCUT2D eigenvalue weighted by Gasteiger charge is 1.96. The highest BCUT2D eigenvalue weighted by Crippen LogP contribution is 2.13. The molecule has 0 spiro atoms. The van der Waals surface area contributed by atoms with Gasteiger partial charge in [0.2, 0.25) is 0 Å². The average Bonchev–Trinajstić information content (AvgIpc) is 2.03. The Labute approximate surface area is 83.9 Å². The summed E-state index contributed by atoms with van der Waals surface area (Å²) in [6, 6.07) is 3.82. The largest absolute Gasteiger partial charge is 0.288 e. The van der Waals surface area contributed by atoms with Crippen molar-refractivity contribution in [1.29, 1.82) is 0 Å². The van der Waals surface area contributed by atoms with Crippen molar-refractivity contribution in [2.24, 2.45) is 0 Å². The van der Waals surface area contributed by atoms with E-state index in [9.17, 15) is 4.79 Å². The normalized spacial score (nSPS) is 9.83. The maximum Gasteiger partial charge on any atom is 0.186 e. The lowest BCUT2D eigenvalue weighted by Crippen LogP contribution is -1.86. The third-order valence-corrected chi connectivity index (χ3v) is 2.58. The van der Waals surface area contributed by atoms with Crippen LogP contribution in [0.5, 0.6) is 0 Å². The molecule has 0 amide bonds. The smallest absolute Gasteiger partial charge is 0.186 e. The predicted molar refractivity (Wildman–Crippen MR) is 53.9 cm³/mol. The zero-order valence-corrected chi connectivity index (χ0v) is 8.98. The van der Waals surface area contributed by atoms with Gasteiger partial charge in [-0.15, -0.1) is 0 Å². The quantitative estimate of drug-likeness (QED) is 0.751. The molecule has 0 fully saturated rings. The second-order valence-electron chi connectivity index (χ2n) is 2.27. The van der Waals surface area contributed by atoms with E-state index in [2.05, 4.69) is 20.9 Å². The molecule has 0 N–H and O–H groups in total. The Hall–Kier alpha value is -0.350. The molecule has 1 rings (SSSR count). The number of hydrogen-bond acceptors (Lipinski definition) is 3. The van der Waals surface area contributed by atoms with Crippen LogP contribution in [0.1, 0.15) is 12.5 Å². The fourth-order valence-electron chi connectivity index (χ4n) is 0.677. The number of rotatable bonds is 2. The SMILES string of the molecule is CC(=O)SCc1ccc(Br)nc1. The molecule has 2 nitrogen and oxygen atoms in total. The molecule has 0 radical (unpaired) electrons. The molecule has 1 aromatic rings. The molecule has 12 heavy (non-hydrogen) atoms. The molecule has 1 aromatic heterocycles. The maximum absolute atomic E-state index is 10.6. The Bertz CT molecular complexity index is 273. The van der Waals surface area contributed by atoms with Crippen LogP contribution in [0, 0.1) is 0 Å². The van der Waals surface area contributed by atoms with E-state index in [0.29, 0.717) is 5.75 Å². The van der Waals surface area contributed by atoms with Crippen LogP contribution in [0.4, 0.5) is 0 Å². The third kappa shape index (κ3) is 3.36. The van der Waals surface area contributed by atoms with Crippen molar-refractivity contribution in [2.75, 3.05) is 0 Å². The number of thioether (sulfide) groups is 1. The molecule has 0 saturated heterocycles. The van der Waals surface area contributed by atoms with Gasteiger partial charge in [0.25, 0.3) is 0 Å². The molecule has 0 atom stereocenters. The van der Waals surface area contributed by atoms with Crippen LogP contribution in [-0.2, 0) is 10.5 Å². The van der Waals surface area contributed by atoms with Gasteiger partial charge in [0.05, 0.1) is 0 Å². The Balaban J connectivity index is 2.53. The summed E-state index contributed by atoms with van der Waals surface area (Å²) < 4.78 is 0.819. The summed E-state index contributed by atoms with van der Waals surface area (Å²) >= 11 is 4.54. The minimum Gasteiger partial charge on any atom is -0.288 e. The molecule has 0 bridgehead atoms. The van der Waals surface area contributed by atoms with E-state index in [1.165, 1.54) is 11.8 Å². The summed E-state index contributed by atoms with van der Waals surface area (Å²) in [6.45, 7) is 1.57. The van der Waals surface area contributed by atoms with E-state index in [1.54, 1.807) is 13.1 Å². The maximum atomic E-state index is 10.6. The number of carbonyl (C=O) groups excluding carboxylic acids is 1. The first-order valence-electron chi connectivity index (χ1n) is 3.42. The van der Waals surface area contributed by atoms with E-state index in [-0.39, 0.29) is 5.12 Å². The van der Waals surface area contributed by atoms with Crippen molar-refractivity contribution in [2.45, 2.75) is 12.7 Å². The van der Waals surface area contributed by atoms with Crippen LogP contribution in [0.3, 0.4) is 0 Å². The van der Waals surface area contributed by atoms with Gasteiger partial charge in [-0.3, -0.25) is 4.79 Å². The Kier molecular flexibility index (Phi) is 3.75. The number of nitrogens with zero attached hydrogens (tertiary/aromatic N) is 1. The van der Waals surface area contributed by atoms with E-state index < -0.39 is 0 Å². The van der Waals surface area contributed by atoms with Gasteiger partial charge >= 0.3 is 0 Å². The molecular weight excluding hydrogens is 238 g/mol. The fourth-order valence-corrected chi connectivity index (χ4v) is 1.45. The van der Waals surface area contributed by atoms with Gasteiger partial charge in [-0.1, -0.05) is 17.8 Å². The molecule has 0 aliphatic heterocycles. The highest BCUT2D eigenvalue weighted by atomic mass is 79.9. The fraction of sp³-hybridized carbons (Fsp3) is 0.250. The lowest BCUT2D eigenvalue weighted by Gasteiger charge is -1.97.